The summed E-state index contributed by atoms with van der Waals surface area (Å²) in [5, 5.41) is 0. The lowest BCUT2D eigenvalue weighted by molar-refractivity contribution is -0.132. The van der Waals surface area contributed by atoms with Gasteiger partial charge in [0.15, 0.2) is 0 Å². The third-order valence-electron chi connectivity index (χ3n) is 5.91. The first-order chi connectivity index (χ1) is 14.5. The Morgan fingerprint density at radius 3 is 2.40 bits per heavy atom. The molecule has 1 fully saturated rings. The lowest BCUT2D eigenvalue weighted by Crippen LogP contribution is -2.43. The Hall–Kier alpha value is -2.37. The number of hydrogen-bond acceptors (Lipinski definition) is 4. The van der Waals surface area contributed by atoms with Gasteiger partial charge in [0, 0.05) is 26.7 Å². The summed E-state index contributed by atoms with van der Waals surface area (Å²) < 4.78 is 5.27. The smallest absolute Gasteiger partial charge is 0.236 e. The maximum absolute atomic E-state index is 12.7. The van der Waals surface area contributed by atoms with E-state index in [1.165, 1.54) is 5.56 Å². The highest BCUT2D eigenvalue weighted by Gasteiger charge is 2.23. The zero-order valence-corrected chi connectivity index (χ0v) is 18.6. The highest BCUT2D eigenvalue weighted by Crippen LogP contribution is 2.19. The summed E-state index contributed by atoms with van der Waals surface area (Å²) in [7, 11) is 5.75. The summed E-state index contributed by atoms with van der Waals surface area (Å²) in [4.78, 5) is 19.2. The number of hydrogen-bond donors (Lipinski definition) is 0. The summed E-state index contributed by atoms with van der Waals surface area (Å²) in [5.41, 5.74) is 2.45. The first kappa shape index (κ1) is 22.3. The molecule has 0 N–H and O–H groups in total. The molecule has 2 aromatic rings. The van der Waals surface area contributed by atoms with Gasteiger partial charge >= 0.3 is 0 Å². The van der Waals surface area contributed by atoms with Crippen molar-refractivity contribution in [2.24, 2.45) is 5.92 Å². The predicted octanol–water partition coefficient (Wildman–Crippen LogP) is 3.50. The molecule has 1 heterocycles. The van der Waals surface area contributed by atoms with Crippen LogP contribution in [0.3, 0.4) is 0 Å². The van der Waals surface area contributed by atoms with Crippen molar-refractivity contribution >= 4 is 5.91 Å². The molecule has 0 aromatic heterocycles. The fourth-order valence-corrected chi connectivity index (χ4v) is 4.17. The first-order valence-electron chi connectivity index (χ1n) is 10.8. The standard InChI is InChI=1S/C25H35N3O2/c1-26(17-21-8-5-4-6-9-21)18-22-12-14-28(15-13-22)20-25(29)27(2)19-23-10-7-11-24(16-23)30-3/h4-11,16,22H,12-15,17-20H2,1-3H3. The van der Waals surface area contributed by atoms with Gasteiger partial charge in [-0.05, 0) is 62.2 Å². The maximum Gasteiger partial charge on any atom is 0.236 e. The van der Waals surface area contributed by atoms with Gasteiger partial charge in [-0.25, -0.2) is 0 Å². The van der Waals surface area contributed by atoms with E-state index in [1.54, 1.807) is 7.11 Å². The molecule has 1 aliphatic heterocycles. The lowest BCUT2D eigenvalue weighted by Gasteiger charge is -2.34. The van der Waals surface area contributed by atoms with Crippen LogP contribution in [0.15, 0.2) is 54.6 Å². The molecule has 0 spiro atoms. The molecule has 1 amide bonds. The lowest BCUT2D eigenvalue weighted by atomic mass is 9.96. The zero-order valence-electron chi connectivity index (χ0n) is 18.6. The van der Waals surface area contributed by atoms with E-state index in [9.17, 15) is 4.79 Å². The van der Waals surface area contributed by atoms with Crippen LogP contribution in [0.25, 0.3) is 0 Å². The Balaban J connectivity index is 1.38. The van der Waals surface area contributed by atoms with Crippen molar-refractivity contribution in [2.75, 3.05) is 47.4 Å². The van der Waals surface area contributed by atoms with E-state index >= 15 is 0 Å². The van der Waals surface area contributed by atoms with Crippen LogP contribution in [0.1, 0.15) is 24.0 Å². The highest BCUT2D eigenvalue weighted by atomic mass is 16.5. The normalized spacial score (nSPS) is 15.3. The maximum atomic E-state index is 12.7. The van der Waals surface area contributed by atoms with Gasteiger partial charge in [-0.3, -0.25) is 9.69 Å². The minimum Gasteiger partial charge on any atom is -0.497 e. The van der Waals surface area contributed by atoms with Crippen molar-refractivity contribution < 1.29 is 9.53 Å². The highest BCUT2D eigenvalue weighted by molar-refractivity contribution is 5.78. The fourth-order valence-electron chi connectivity index (χ4n) is 4.17. The van der Waals surface area contributed by atoms with Crippen LogP contribution in [-0.2, 0) is 17.9 Å². The van der Waals surface area contributed by atoms with Gasteiger partial charge in [0.2, 0.25) is 5.91 Å². The molecule has 0 atom stereocenters. The van der Waals surface area contributed by atoms with Crippen LogP contribution < -0.4 is 4.74 Å². The molecule has 3 rings (SSSR count). The molecule has 1 saturated heterocycles. The van der Waals surface area contributed by atoms with Gasteiger partial charge in [-0.1, -0.05) is 42.5 Å². The average molecular weight is 410 g/mol. The molecule has 162 valence electrons. The summed E-state index contributed by atoms with van der Waals surface area (Å²) in [6.07, 6.45) is 2.32. The van der Waals surface area contributed by atoms with Crippen LogP contribution in [0.5, 0.6) is 5.75 Å². The van der Waals surface area contributed by atoms with Crippen molar-refractivity contribution in [1.82, 2.24) is 14.7 Å². The molecule has 0 bridgehead atoms. The molecule has 30 heavy (non-hydrogen) atoms. The van der Waals surface area contributed by atoms with Crippen molar-refractivity contribution in [3.05, 3.63) is 65.7 Å². The van der Waals surface area contributed by atoms with E-state index in [0.717, 1.165) is 50.3 Å². The number of likely N-dealkylation sites (tertiary alicyclic amines) is 1. The molecule has 0 aliphatic carbocycles. The van der Waals surface area contributed by atoms with Crippen molar-refractivity contribution in [1.29, 1.82) is 0 Å². The Morgan fingerprint density at radius 1 is 1.00 bits per heavy atom. The van der Waals surface area contributed by atoms with Crippen LogP contribution in [0.4, 0.5) is 0 Å². The number of nitrogens with zero attached hydrogens (tertiary/aromatic N) is 3. The van der Waals surface area contributed by atoms with Gasteiger partial charge < -0.3 is 14.5 Å². The van der Waals surface area contributed by atoms with Crippen molar-refractivity contribution in [3.8, 4) is 5.75 Å². The molecular weight excluding hydrogens is 374 g/mol. The van der Waals surface area contributed by atoms with Gasteiger partial charge in [0.25, 0.3) is 0 Å². The number of benzene rings is 2. The summed E-state index contributed by atoms with van der Waals surface area (Å²) in [6.45, 7) is 5.23. The summed E-state index contributed by atoms with van der Waals surface area (Å²) in [6, 6.07) is 18.5. The summed E-state index contributed by atoms with van der Waals surface area (Å²) >= 11 is 0. The third-order valence-corrected chi connectivity index (χ3v) is 5.91. The topological polar surface area (TPSA) is 36.0 Å². The number of piperidine rings is 1. The molecule has 2 aromatic carbocycles. The van der Waals surface area contributed by atoms with Crippen LogP contribution in [-0.4, -0.2) is 68.0 Å². The monoisotopic (exact) mass is 409 g/mol. The molecule has 0 unspecified atom stereocenters. The SMILES string of the molecule is COc1cccc(CN(C)C(=O)CN2CCC(CN(C)Cc3ccccc3)CC2)c1. The second-order valence-electron chi connectivity index (χ2n) is 8.50. The van der Waals surface area contributed by atoms with E-state index in [4.69, 9.17) is 4.74 Å². The van der Waals surface area contributed by atoms with Gasteiger partial charge in [0.1, 0.15) is 5.75 Å². The molecule has 0 saturated carbocycles. The predicted molar refractivity (Wildman–Crippen MR) is 121 cm³/mol. The number of ether oxygens (including phenoxy) is 1. The first-order valence-corrected chi connectivity index (χ1v) is 10.8. The van der Waals surface area contributed by atoms with Crippen LogP contribution >= 0.6 is 0 Å². The van der Waals surface area contributed by atoms with E-state index < -0.39 is 0 Å². The minimum atomic E-state index is 0.178. The Labute approximate surface area is 181 Å². The molecule has 5 heteroatoms. The molecule has 5 nitrogen and oxygen atoms in total. The number of carbonyl (C=O) groups is 1. The number of methoxy groups -OCH3 is 1. The van der Waals surface area contributed by atoms with Gasteiger partial charge in [-0.2, -0.15) is 0 Å². The summed E-state index contributed by atoms with van der Waals surface area (Å²) in [5.74, 6) is 1.71. The minimum absolute atomic E-state index is 0.178. The van der Waals surface area contributed by atoms with Crippen molar-refractivity contribution in [3.63, 3.8) is 0 Å². The van der Waals surface area contributed by atoms with Crippen LogP contribution in [0, 0.1) is 5.92 Å². The third kappa shape index (κ3) is 6.85. The number of amides is 1. The number of rotatable bonds is 9. The number of carbonyl (C=O) groups excluding carboxylic acids is 1. The molecule has 0 radical (unpaired) electrons. The van der Waals surface area contributed by atoms with Crippen LogP contribution in [0.2, 0.25) is 0 Å². The Bertz CT molecular complexity index is 788. The fraction of sp³-hybridized carbons (Fsp3) is 0.480. The van der Waals surface area contributed by atoms with Crippen molar-refractivity contribution in [2.45, 2.75) is 25.9 Å². The number of likely N-dealkylation sites (N-methyl/N-ethyl adjacent to an activating group) is 1. The molecule has 1 aliphatic rings. The van der Waals surface area contributed by atoms with E-state index in [1.807, 2.05) is 36.2 Å². The van der Waals surface area contributed by atoms with E-state index in [-0.39, 0.29) is 5.91 Å². The average Bonchev–Trinajstić information content (AvgIpc) is 2.76. The quantitative estimate of drug-likeness (QED) is 0.635. The second kappa shape index (κ2) is 11.1. The van der Waals surface area contributed by atoms with E-state index in [2.05, 4.69) is 47.2 Å². The van der Waals surface area contributed by atoms with Gasteiger partial charge in [-0.15, -0.1) is 0 Å². The molecular formula is C25H35N3O2. The second-order valence-corrected chi connectivity index (χ2v) is 8.50. The Kier molecular flexibility index (Phi) is 8.29. The Morgan fingerprint density at radius 2 is 1.70 bits per heavy atom. The largest absolute Gasteiger partial charge is 0.497 e. The zero-order chi connectivity index (χ0) is 21.3. The van der Waals surface area contributed by atoms with Gasteiger partial charge in [0.05, 0.1) is 13.7 Å². The van der Waals surface area contributed by atoms with E-state index in [0.29, 0.717) is 19.0 Å².